The summed E-state index contributed by atoms with van der Waals surface area (Å²) in [5.41, 5.74) is 0. The first-order valence-corrected chi connectivity index (χ1v) is 7.09. The number of thioether (sulfide) groups is 1. The van der Waals surface area contributed by atoms with E-state index in [-0.39, 0.29) is 5.78 Å². The van der Waals surface area contributed by atoms with Gasteiger partial charge < -0.3 is 5.32 Å². The van der Waals surface area contributed by atoms with E-state index in [9.17, 15) is 4.79 Å². The van der Waals surface area contributed by atoms with Crippen LogP contribution in [0.4, 0.5) is 0 Å². The van der Waals surface area contributed by atoms with Crippen LogP contribution < -0.4 is 10.6 Å². The smallest absolute Gasteiger partial charge is 0.204 e. The number of nitrogens with zero attached hydrogens (tertiary/aromatic N) is 2. The molecule has 0 saturated heterocycles. The molecule has 2 N–H and O–H groups in total. The van der Waals surface area contributed by atoms with E-state index >= 15 is 0 Å². The molecule has 0 saturated carbocycles. The van der Waals surface area contributed by atoms with Crippen molar-refractivity contribution >= 4 is 51.0 Å². The fourth-order valence-corrected chi connectivity index (χ4v) is 2.34. The van der Waals surface area contributed by atoms with Crippen molar-refractivity contribution in [1.29, 1.82) is 5.26 Å². The van der Waals surface area contributed by atoms with E-state index in [1.54, 1.807) is 13.2 Å². The zero-order valence-corrected chi connectivity index (χ0v) is 12.7. The molecule has 0 radical (unpaired) electrons. The van der Waals surface area contributed by atoms with Gasteiger partial charge in [0, 0.05) is 25.1 Å². The number of carbonyl (C=O) groups is 1. The predicted octanol–water partition coefficient (Wildman–Crippen LogP) is 1.28. The van der Waals surface area contributed by atoms with Gasteiger partial charge in [0.2, 0.25) is 5.96 Å². The Morgan fingerprint density at radius 1 is 1.71 bits per heavy atom. The Morgan fingerprint density at radius 3 is 2.82 bits per heavy atom. The van der Waals surface area contributed by atoms with Gasteiger partial charge in [0.05, 0.1) is 0 Å². The lowest BCUT2D eigenvalue weighted by Gasteiger charge is -2.15. The summed E-state index contributed by atoms with van der Waals surface area (Å²) in [6.45, 7) is 2.07. The summed E-state index contributed by atoms with van der Waals surface area (Å²) in [6.07, 6.45) is 1.78. The number of carbonyl (C=O) groups excluding carboxylic acids is 1. The van der Waals surface area contributed by atoms with Crippen LogP contribution in [0.5, 0.6) is 0 Å². The topological polar surface area (TPSA) is 77.3 Å². The quantitative estimate of drug-likeness (QED) is 0.190. The number of rotatable bonds is 6. The van der Waals surface area contributed by atoms with Gasteiger partial charge in [-0.2, -0.15) is 17.0 Å². The first-order chi connectivity index (χ1) is 7.94. The highest BCUT2D eigenvalue weighted by atomic mass is 79.9. The molecule has 17 heavy (non-hydrogen) atoms. The first-order valence-electron chi connectivity index (χ1n) is 4.76. The maximum Gasteiger partial charge on any atom is 0.204 e. The summed E-state index contributed by atoms with van der Waals surface area (Å²) in [7, 11) is 1.58. The molecule has 96 valence electrons. The van der Waals surface area contributed by atoms with Crippen molar-refractivity contribution in [3.63, 3.8) is 0 Å². The summed E-state index contributed by atoms with van der Waals surface area (Å²) in [4.78, 5) is 14.9. The first kappa shape index (κ1) is 16.6. The molecule has 0 fully saturated rings. The minimum absolute atomic E-state index is 0.110. The molecule has 1 atom stereocenters. The SMILES string of the molecule is CN=C(NC#N)NCCSCC(Cl)(Br)C(C)=O. The van der Waals surface area contributed by atoms with Gasteiger partial charge in [-0.05, 0) is 6.92 Å². The second kappa shape index (κ2) is 8.61. The van der Waals surface area contributed by atoms with E-state index in [2.05, 4.69) is 31.6 Å². The average Bonchev–Trinajstić information content (AvgIpc) is 2.26. The highest BCUT2D eigenvalue weighted by Gasteiger charge is 2.28. The maximum absolute atomic E-state index is 11.1. The zero-order chi connectivity index (χ0) is 13.3. The fraction of sp³-hybridized carbons (Fsp3) is 0.667. The summed E-state index contributed by atoms with van der Waals surface area (Å²) < 4.78 is -0.982. The van der Waals surface area contributed by atoms with Gasteiger partial charge in [-0.3, -0.25) is 15.1 Å². The summed E-state index contributed by atoms with van der Waals surface area (Å²) >= 11 is 10.6. The lowest BCUT2D eigenvalue weighted by atomic mass is 10.3. The van der Waals surface area contributed by atoms with E-state index in [0.29, 0.717) is 18.3 Å². The van der Waals surface area contributed by atoms with Crippen molar-refractivity contribution in [3.05, 3.63) is 0 Å². The predicted molar refractivity (Wildman–Crippen MR) is 75.6 cm³/mol. The summed E-state index contributed by atoms with van der Waals surface area (Å²) in [5, 5.41) is 13.7. The third-order valence-corrected chi connectivity index (χ3v) is 4.63. The van der Waals surface area contributed by atoms with Gasteiger partial charge in [-0.15, -0.1) is 0 Å². The Hall–Kier alpha value is -0.450. The molecule has 0 spiro atoms. The van der Waals surface area contributed by atoms with Gasteiger partial charge in [0.1, 0.15) is 0 Å². The van der Waals surface area contributed by atoms with Crippen molar-refractivity contribution in [1.82, 2.24) is 10.6 Å². The zero-order valence-electron chi connectivity index (χ0n) is 9.59. The molecule has 0 aliphatic carbocycles. The fourth-order valence-electron chi connectivity index (χ4n) is 0.776. The largest absolute Gasteiger partial charge is 0.355 e. The lowest BCUT2D eigenvalue weighted by Crippen LogP contribution is -2.36. The van der Waals surface area contributed by atoms with Crippen LogP contribution in [-0.4, -0.2) is 40.6 Å². The van der Waals surface area contributed by atoms with Crippen LogP contribution in [0.1, 0.15) is 6.92 Å². The van der Waals surface area contributed by atoms with Crippen molar-refractivity contribution in [2.45, 2.75) is 10.7 Å². The third kappa shape index (κ3) is 7.47. The number of nitriles is 1. The third-order valence-electron chi connectivity index (χ3n) is 1.74. The molecule has 0 amide bonds. The molecular formula is C9H14BrClN4OS. The molecule has 0 aliphatic rings. The second-order valence-corrected chi connectivity index (χ2v) is 6.61. The second-order valence-electron chi connectivity index (χ2n) is 3.05. The Bertz CT molecular complexity index is 329. The number of aliphatic imine (C=N–C) groups is 1. The minimum Gasteiger partial charge on any atom is -0.355 e. The van der Waals surface area contributed by atoms with E-state index in [4.69, 9.17) is 16.9 Å². The van der Waals surface area contributed by atoms with E-state index < -0.39 is 3.78 Å². The van der Waals surface area contributed by atoms with Crippen LogP contribution in [0.15, 0.2) is 4.99 Å². The number of ketones is 1. The summed E-state index contributed by atoms with van der Waals surface area (Å²) in [6, 6.07) is 0. The van der Waals surface area contributed by atoms with Gasteiger partial charge >= 0.3 is 0 Å². The van der Waals surface area contributed by atoms with Crippen molar-refractivity contribution in [3.8, 4) is 6.19 Å². The number of hydrogen-bond donors (Lipinski definition) is 2. The number of Topliss-reactive ketones (excluding diaryl/α,β-unsaturated/α-hetero) is 1. The Balaban J connectivity index is 3.74. The van der Waals surface area contributed by atoms with E-state index in [1.165, 1.54) is 18.7 Å². The average molecular weight is 342 g/mol. The molecule has 1 unspecified atom stereocenters. The van der Waals surface area contributed by atoms with Crippen LogP contribution in [0.2, 0.25) is 0 Å². The van der Waals surface area contributed by atoms with Gasteiger partial charge in [-0.1, -0.05) is 27.5 Å². The molecule has 0 rings (SSSR count). The standard InChI is InChI=1S/C9H14BrClN4OS/c1-7(16)9(10,11)5-17-4-3-14-8(13-2)15-6-12/h3-5H2,1-2H3,(H2,13,14,15). The van der Waals surface area contributed by atoms with Crippen molar-refractivity contribution in [2.24, 2.45) is 4.99 Å². The number of guanidine groups is 1. The van der Waals surface area contributed by atoms with E-state index in [0.717, 1.165) is 5.75 Å². The number of halogens is 2. The van der Waals surface area contributed by atoms with Gasteiger partial charge in [0.15, 0.2) is 15.8 Å². The molecule has 0 bridgehead atoms. The van der Waals surface area contributed by atoms with Crippen LogP contribution in [0.25, 0.3) is 0 Å². The molecule has 0 aromatic heterocycles. The normalized spacial score (nSPS) is 14.6. The van der Waals surface area contributed by atoms with Crippen LogP contribution in [0.3, 0.4) is 0 Å². The van der Waals surface area contributed by atoms with Crippen LogP contribution in [-0.2, 0) is 4.79 Å². The molecular weight excluding hydrogens is 328 g/mol. The Morgan fingerprint density at radius 2 is 2.35 bits per heavy atom. The molecule has 0 aromatic carbocycles. The summed E-state index contributed by atoms with van der Waals surface area (Å²) in [5.74, 6) is 1.55. The monoisotopic (exact) mass is 340 g/mol. The molecule has 5 nitrogen and oxygen atoms in total. The molecule has 0 aromatic rings. The Kier molecular flexibility index (Phi) is 8.39. The highest BCUT2D eigenvalue weighted by Crippen LogP contribution is 2.28. The molecule has 8 heteroatoms. The molecule has 0 heterocycles. The number of alkyl halides is 2. The van der Waals surface area contributed by atoms with Crippen molar-refractivity contribution in [2.75, 3.05) is 25.1 Å². The highest BCUT2D eigenvalue weighted by molar-refractivity contribution is 9.10. The molecule has 0 aliphatic heterocycles. The lowest BCUT2D eigenvalue weighted by molar-refractivity contribution is -0.116. The Labute approximate surface area is 119 Å². The number of hydrogen-bond acceptors (Lipinski definition) is 4. The minimum atomic E-state index is -0.982. The van der Waals surface area contributed by atoms with Crippen LogP contribution >= 0.6 is 39.3 Å². The van der Waals surface area contributed by atoms with Gasteiger partial charge in [0.25, 0.3) is 0 Å². The van der Waals surface area contributed by atoms with E-state index in [1.807, 2.05) is 0 Å². The maximum atomic E-state index is 11.1. The van der Waals surface area contributed by atoms with Crippen molar-refractivity contribution < 1.29 is 4.79 Å². The number of nitrogens with one attached hydrogen (secondary N) is 2. The van der Waals surface area contributed by atoms with Crippen LogP contribution in [0, 0.1) is 11.5 Å². The van der Waals surface area contributed by atoms with Gasteiger partial charge in [-0.25, -0.2) is 0 Å².